The van der Waals surface area contributed by atoms with E-state index in [-0.39, 0.29) is 42.9 Å². The van der Waals surface area contributed by atoms with Crippen molar-refractivity contribution in [1.82, 2.24) is 10.6 Å². The molecule has 3 aromatic carbocycles. The minimum Gasteiger partial charge on any atom is -0.443 e. The van der Waals surface area contributed by atoms with Gasteiger partial charge in [-0.25, -0.2) is 4.79 Å². The predicted molar refractivity (Wildman–Crippen MR) is 175 cm³/mol. The summed E-state index contributed by atoms with van der Waals surface area (Å²) >= 11 is 1.47. The topological polar surface area (TPSA) is 132 Å². The number of hydrogen-bond donors (Lipinski definition) is 4. The molecule has 0 aromatic heterocycles. The smallest absolute Gasteiger partial charge is 0.407 e. The van der Waals surface area contributed by atoms with Gasteiger partial charge in [0.2, 0.25) is 5.91 Å². The van der Waals surface area contributed by atoms with E-state index in [0.29, 0.717) is 25.1 Å². The number of aliphatic hydroxyl groups excluding tert-OH is 1. The monoisotopic (exact) mass is 633 g/mol. The first-order valence-electron chi connectivity index (χ1n) is 15.5. The molecule has 6 atom stereocenters. The molecule has 0 spiro atoms. The highest BCUT2D eigenvalue weighted by atomic mass is 32.2. The van der Waals surface area contributed by atoms with E-state index in [9.17, 15) is 14.7 Å². The van der Waals surface area contributed by atoms with Crippen molar-refractivity contribution in [2.75, 3.05) is 24.7 Å². The first-order chi connectivity index (χ1) is 21.7. The highest BCUT2D eigenvalue weighted by molar-refractivity contribution is 8.00. The molecule has 10 heteroatoms. The molecule has 2 amide bonds. The number of rotatable bonds is 13. The Hall–Kier alpha value is -3.57. The van der Waals surface area contributed by atoms with Gasteiger partial charge in [0, 0.05) is 16.6 Å². The van der Waals surface area contributed by atoms with Crippen molar-refractivity contribution in [3.05, 3.63) is 95.1 Å². The summed E-state index contributed by atoms with van der Waals surface area (Å²) in [7, 11) is 0. The van der Waals surface area contributed by atoms with Crippen molar-refractivity contribution < 1.29 is 28.9 Å². The van der Waals surface area contributed by atoms with Gasteiger partial charge >= 0.3 is 6.09 Å². The van der Waals surface area contributed by atoms with E-state index < -0.39 is 24.3 Å². The van der Waals surface area contributed by atoms with Crippen LogP contribution in [0.5, 0.6) is 0 Å². The molecule has 2 unspecified atom stereocenters. The highest BCUT2D eigenvalue weighted by Crippen LogP contribution is 2.33. The number of carbonyl (C=O) groups excluding carboxylic acids is 2. The van der Waals surface area contributed by atoms with Crippen LogP contribution in [0, 0.1) is 19.8 Å². The lowest BCUT2D eigenvalue weighted by Crippen LogP contribution is -2.49. The summed E-state index contributed by atoms with van der Waals surface area (Å²) in [5, 5.41) is 17.7. The van der Waals surface area contributed by atoms with Gasteiger partial charge in [0.15, 0.2) is 6.29 Å². The average Bonchev–Trinajstić information content (AvgIpc) is 3.62. The maximum absolute atomic E-state index is 13.3. The number of thioether (sulfide) groups is 1. The molecule has 240 valence electrons. The van der Waals surface area contributed by atoms with Crippen molar-refractivity contribution >= 4 is 29.4 Å². The van der Waals surface area contributed by atoms with Crippen LogP contribution >= 0.6 is 11.8 Å². The van der Waals surface area contributed by atoms with Crippen molar-refractivity contribution in [2.45, 2.75) is 75.0 Å². The Morgan fingerprint density at radius 3 is 2.29 bits per heavy atom. The zero-order valence-corrected chi connectivity index (χ0v) is 26.6. The SMILES string of the molecule is Cc1cc(N)cc(C)c1SCC(=O)N[C@@H](Cc1ccccc1)C[C@H](O)[C@H](Cc1ccccc1)NC(=O)O[C@H]1COC2OCCC21. The number of fused-ring (bicyclic) bond motifs is 1. The summed E-state index contributed by atoms with van der Waals surface area (Å²) in [6.45, 7) is 4.84. The number of anilines is 1. The standard InChI is InChI=1S/C35H43N3O6S/c1-22-15-26(36)16-23(2)33(22)45-21-32(40)37-27(17-24-9-5-3-6-10-24)19-30(39)29(18-25-11-7-4-8-12-25)38-35(41)44-31-20-43-34-28(31)13-14-42-34/h3-12,15-16,27-31,34,39H,13-14,17-21,36H2,1-2H3,(H,37,40)(H,38,41)/t27-,28?,29-,30-,31-,34?/m0/s1. The fourth-order valence-corrected chi connectivity index (χ4v) is 7.12. The van der Waals surface area contributed by atoms with Gasteiger partial charge in [0.25, 0.3) is 0 Å². The molecular formula is C35H43N3O6S. The van der Waals surface area contributed by atoms with E-state index in [1.165, 1.54) is 11.8 Å². The zero-order chi connectivity index (χ0) is 31.8. The number of ether oxygens (including phenoxy) is 3. The van der Waals surface area contributed by atoms with Crippen LogP contribution in [0.4, 0.5) is 10.5 Å². The Morgan fingerprint density at radius 1 is 0.978 bits per heavy atom. The first-order valence-corrected chi connectivity index (χ1v) is 16.5. The first kappa shape index (κ1) is 32.8. The number of carbonyl (C=O) groups is 2. The van der Waals surface area contributed by atoms with E-state index in [2.05, 4.69) is 10.6 Å². The predicted octanol–water partition coefficient (Wildman–Crippen LogP) is 4.56. The maximum Gasteiger partial charge on any atom is 0.407 e. The molecule has 3 aromatic rings. The summed E-state index contributed by atoms with van der Waals surface area (Å²) in [5.74, 6) is 0.100. The second-order valence-electron chi connectivity index (χ2n) is 11.9. The van der Waals surface area contributed by atoms with Crippen molar-refractivity contribution in [3.8, 4) is 0 Å². The third-order valence-electron chi connectivity index (χ3n) is 8.36. The molecule has 2 fully saturated rings. The van der Waals surface area contributed by atoms with Crippen LogP contribution in [0.15, 0.2) is 77.7 Å². The summed E-state index contributed by atoms with van der Waals surface area (Å²) < 4.78 is 16.9. The van der Waals surface area contributed by atoms with Crippen LogP contribution in [0.25, 0.3) is 0 Å². The number of aliphatic hydroxyl groups is 1. The number of amides is 2. The van der Waals surface area contributed by atoms with E-state index in [1.54, 1.807) is 0 Å². The molecule has 9 nitrogen and oxygen atoms in total. The summed E-state index contributed by atoms with van der Waals surface area (Å²) in [6.07, 6.45) is -0.383. The normalized spacial score (nSPS) is 21.0. The van der Waals surface area contributed by atoms with Gasteiger partial charge in [-0.05, 0) is 73.9 Å². The van der Waals surface area contributed by atoms with Gasteiger partial charge < -0.3 is 35.7 Å². The molecule has 45 heavy (non-hydrogen) atoms. The van der Waals surface area contributed by atoms with Crippen molar-refractivity contribution in [3.63, 3.8) is 0 Å². The molecule has 0 radical (unpaired) electrons. The lowest BCUT2D eigenvalue weighted by molar-refractivity contribution is -0.119. The second-order valence-corrected chi connectivity index (χ2v) is 12.9. The molecule has 0 saturated carbocycles. The number of nitrogens with one attached hydrogen (secondary N) is 2. The largest absolute Gasteiger partial charge is 0.443 e. The van der Waals surface area contributed by atoms with Gasteiger partial charge in [-0.15, -0.1) is 11.8 Å². The third-order valence-corrected chi connectivity index (χ3v) is 9.70. The van der Waals surface area contributed by atoms with Gasteiger partial charge in [-0.2, -0.15) is 0 Å². The van der Waals surface area contributed by atoms with Crippen LogP contribution in [0.2, 0.25) is 0 Å². The van der Waals surface area contributed by atoms with Crippen LogP contribution in [-0.2, 0) is 31.8 Å². The van der Waals surface area contributed by atoms with Crippen LogP contribution < -0.4 is 16.4 Å². The molecule has 2 aliphatic heterocycles. The van der Waals surface area contributed by atoms with E-state index >= 15 is 0 Å². The van der Waals surface area contributed by atoms with Gasteiger partial charge in [-0.1, -0.05) is 60.7 Å². The molecule has 0 aliphatic carbocycles. The minimum absolute atomic E-state index is 0.0115. The van der Waals surface area contributed by atoms with Crippen molar-refractivity contribution in [1.29, 1.82) is 0 Å². The number of benzene rings is 3. The Kier molecular flexibility index (Phi) is 11.4. The second kappa shape index (κ2) is 15.6. The number of nitrogens with two attached hydrogens (primary N) is 1. The molecule has 5 N–H and O–H groups in total. The van der Waals surface area contributed by atoms with E-state index in [0.717, 1.165) is 33.6 Å². The lowest BCUT2D eigenvalue weighted by Gasteiger charge is -2.29. The Morgan fingerprint density at radius 2 is 1.62 bits per heavy atom. The quantitative estimate of drug-likeness (QED) is 0.159. The fourth-order valence-electron chi connectivity index (χ4n) is 6.19. The summed E-state index contributed by atoms with van der Waals surface area (Å²) in [6, 6.07) is 22.3. The van der Waals surface area contributed by atoms with Gasteiger partial charge in [-0.3, -0.25) is 4.79 Å². The molecule has 0 bridgehead atoms. The highest BCUT2D eigenvalue weighted by Gasteiger charge is 2.44. The number of alkyl carbamates (subject to hydrolysis) is 1. The van der Waals surface area contributed by atoms with E-state index in [1.807, 2.05) is 86.6 Å². The van der Waals surface area contributed by atoms with Crippen LogP contribution in [-0.4, -0.2) is 66.7 Å². The molecule has 5 rings (SSSR count). The Balaban J connectivity index is 1.26. The number of aryl methyl sites for hydroxylation is 2. The summed E-state index contributed by atoms with van der Waals surface area (Å²) in [5.41, 5.74) is 10.7. The number of nitrogen functional groups attached to an aromatic ring is 1. The number of hydrogen-bond acceptors (Lipinski definition) is 8. The Labute approximate surface area is 269 Å². The fraction of sp³-hybridized carbons (Fsp3) is 0.429. The van der Waals surface area contributed by atoms with Crippen LogP contribution in [0.1, 0.15) is 35.1 Å². The van der Waals surface area contributed by atoms with Crippen molar-refractivity contribution in [2.24, 2.45) is 5.92 Å². The van der Waals surface area contributed by atoms with E-state index in [4.69, 9.17) is 19.9 Å². The maximum atomic E-state index is 13.3. The third kappa shape index (κ3) is 9.23. The molecule has 2 aliphatic rings. The van der Waals surface area contributed by atoms with Gasteiger partial charge in [0.1, 0.15) is 6.10 Å². The average molecular weight is 634 g/mol. The molecule has 2 saturated heterocycles. The lowest BCUT2D eigenvalue weighted by atomic mass is 9.93. The Bertz CT molecular complexity index is 1400. The summed E-state index contributed by atoms with van der Waals surface area (Å²) in [4.78, 5) is 27.4. The minimum atomic E-state index is -0.969. The van der Waals surface area contributed by atoms with Crippen LogP contribution in [0.3, 0.4) is 0 Å². The molecular weight excluding hydrogens is 590 g/mol. The zero-order valence-electron chi connectivity index (χ0n) is 25.8. The molecule has 2 heterocycles. The van der Waals surface area contributed by atoms with Gasteiger partial charge in [0.05, 0.1) is 37.0 Å².